The number of para-hydroxylation sites is 1. The molecule has 0 aliphatic carbocycles. The van der Waals surface area contributed by atoms with Gasteiger partial charge >= 0.3 is 7.12 Å². The first kappa shape index (κ1) is 9.02. The molecule has 0 unspecified atom stereocenters. The zero-order chi connectivity index (χ0) is 9.26. The molecule has 2 rings (SSSR count). The molecule has 0 saturated carbocycles. The zero-order valence-electron chi connectivity index (χ0n) is 7.03. The third kappa shape index (κ3) is 1.71. The molecule has 1 heterocycles. The highest BCUT2D eigenvalue weighted by molar-refractivity contribution is 14.1. The van der Waals surface area contributed by atoms with E-state index in [-0.39, 0.29) is 7.12 Å². The van der Waals surface area contributed by atoms with Crippen LogP contribution in [0.1, 0.15) is 6.92 Å². The van der Waals surface area contributed by atoms with Gasteiger partial charge in [0.2, 0.25) is 0 Å². The third-order valence-corrected chi connectivity index (χ3v) is 2.29. The topological polar surface area (TPSA) is 30.8 Å². The maximum Gasteiger partial charge on any atom is 0.575 e. The molecule has 13 heavy (non-hydrogen) atoms. The number of aliphatic imine (C=N–C) groups is 1. The molecular weight excluding hydrogens is 280 g/mol. The van der Waals surface area contributed by atoms with Crippen molar-refractivity contribution in [1.29, 1.82) is 0 Å². The number of hydrogen-bond acceptors (Lipinski definition) is 3. The van der Waals surface area contributed by atoms with Crippen molar-refractivity contribution in [1.82, 2.24) is 0 Å². The van der Waals surface area contributed by atoms with Gasteiger partial charge in [-0.15, -0.1) is 0 Å². The molecular formula is C8H7BINO2. The van der Waals surface area contributed by atoms with Gasteiger partial charge in [-0.2, -0.15) is 0 Å². The Morgan fingerprint density at radius 3 is 3.00 bits per heavy atom. The van der Waals surface area contributed by atoms with Crippen LogP contribution < -0.4 is 5.46 Å². The Hall–Kier alpha value is -0.555. The standard InChI is InChI=1S/C8H7BINO2/c1-6-11-8-5-3-2-4-7(8)9(12-6)13-10/h2-5H,1H3. The summed E-state index contributed by atoms with van der Waals surface area (Å²) in [4.78, 5) is 4.26. The molecule has 0 saturated heterocycles. The Morgan fingerprint density at radius 2 is 2.23 bits per heavy atom. The summed E-state index contributed by atoms with van der Waals surface area (Å²) in [7, 11) is -0.325. The molecule has 1 aliphatic rings. The highest BCUT2D eigenvalue weighted by atomic mass is 127. The summed E-state index contributed by atoms with van der Waals surface area (Å²) in [6.45, 7) is 1.82. The van der Waals surface area contributed by atoms with Crippen LogP contribution in [0.25, 0.3) is 0 Å². The van der Waals surface area contributed by atoms with Gasteiger partial charge < -0.3 is 7.64 Å². The molecule has 0 aromatic heterocycles. The van der Waals surface area contributed by atoms with E-state index >= 15 is 0 Å². The predicted molar refractivity (Wildman–Crippen MR) is 60.8 cm³/mol. The number of benzene rings is 1. The lowest BCUT2D eigenvalue weighted by atomic mass is 9.77. The summed E-state index contributed by atoms with van der Waals surface area (Å²) in [5, 5.41) is 0. The maximum absolute atomic E-state index is 5.38. The van der Waals surface area contributed by atoms with Gasteiger partial charge in [0.15, 0.2) is 5.90 Å². The predicted octanol–water partition coefficient (Wildman–Crippen LogP) is 1.83. The first-order valence-electron chi connectivity index (χ1n) is 3.89. The highest BCUT2D eigenvalue weighted by Gasteiger charge is 2.29. The van der Waals surface area contributed by atoms with Crippen LogP contribution in [0.5, 0.6) is 0 Å². The van der Waals surface area contributed by atoms with Crippen molar-refractivity contribution >= 4 is 47.2 Å². The Labute approximate surface area is 91.0 Å². The van der Waals surface area contributed by atoms with Gasteiger partial charge in [0.1, 0.15) is 0 Å². The van der Waals surface area contributed by atoms with Crippen molar-refractivity contribution in [2.45, 2.75) is 6.92 Å². The fourth-order valence-corrected chi connectivity index (χ4v) is 1.65. The van der Waals surface area contributed by atoms with E-state index in [1.807, 2.05) is 54.2 Å². The largest absolute Gasteiger partial charge is 0.575 e. The lowest BCUT2D eigenvalue weighted by Crippen LogP contribution is -2.38. The molecule has 1 aromatic rings. The van der Waals surface area contributed by atoms with E-state index in [9.17, 15) is 0 Å². The SMILES string of the molecule is CC1=Nc2ccccc2B(OI)O1. The van der Waals surface area contributed by atoms with E-state index in [1.165, 1.54) is 0 Å². The number of fused-ring (bicyclic) bond motifs is 1. The van der Waals surface area contributed by atoms with Gasteiger partial charge in [-0.1, -0.05) is 18.2 Å². The van der Waals surface area contributed by atoms with E-state index in [1.54, 1.807) is 0 Å². The second-order valence-electron chi connectivity index (χ2n) is 2.73. The summed E-state index contributed by atoms with van der Waals surface area (Å²) in [5.41, 5.74) is 1.90. The Bertz CT molecular complexity index is 356. The fraction of sp³-hybridized carbons (Fsp3) is 0.125. The molecule has 0 N–H and O–H groups in total. The van der Waals surface area contributed by atoms with Crippen molar-refractivity contribution in [3.63, 3.8) is 0 Å². The molecule has 3 nitrogen and oxygen atoms in total. The maximum atomic E-state index is 5.38. The summed E-state index contributed by atoms with van der Waals surface area (Å²) < 4.78 is 10.5. The van der Waals surface area contributed by atoms with Crippen molar-refractivity contribution in [2.24, 2.45) is 4.99 Å². The second kappa shape index (κ2) is 3.67. The Kier molecular flexibility index (Phi) is 2.55. The van der Waals surface area contributed by atoms with Crippen LogP contribution in [0.4, 0.5) is 5.69 Å². The molecule has 5 heteroatoms. The molecule has 1 aromatic carbocycles. The minimum atomic E-state index is -0.325. The summed E-state index contributed by atoms with van der Waals surface area (Å²) >= 11 is 1.83. The normalized spacial score (nSPS) is 14.6. The fourth-order valence-electron chi connectivity index (χ4n) is 1.27. The molecule has 0 amide bonds. The smallest absolute Gasteiger partial charge is 0.521 e. The molecule has 0 bridgehead atoms. The highest BCUT2D eigenvalue weighted by Crippen LogP contribution is 2.16. The van der Waals surface area contributed by atoms with Crippen LogP contribution in [0.3, 0.4) is 0 Å². The average molecular weight is 287 g/mol. The van der Waals surface area contributed by atoms with Crippen LogP contribution in [0.2, 0.25) is 0 Å². The van der Waals surface area contributed by atoms with E-state index in [0.29, 0.717) is 5.90 Å². The van der Waals surface area contributed by atoms with Gasteiger partial charge in [0, 0.05) is 12.4 Å². The lowest BCUT2D eigenvalue weighted by molar-refractivity contribution is 0.484. The Balaban J connectivity index is 2.48. The lowest BCUT2D eigenvalue weighted by Gasteiger charge is -2.18. The molecule has 0 spiro atoms. The van der Waals surface area contributed by atoms with Gasteiger partial charge in [0.25, 0.3) is 0 Å². The van der Waals surface area contributed by atoms with Crippen molar-refractivity contribution < 1.29 is 7.64 Å². The van der Waals surface area contributed by atoms with E-state index in [4.69, 9.17) is 7.64 Å². The quantitative estimate of drug-likeness (QED) is 0.582. The molecule has 0 radical (unpaired) electrons. The van der Waals surface area contributed by atoms with E-state index < -0.39 is 0 Å². The number of nitrogens with zero attached hydrogens (tertiary/aromatic N) is 1. The van der Waals surface area contributed by atoms with Crippen LogP contribution in [-0.2, 0) is 7.64 Å². The first-order chi connectivity index (χ1) is 6.31. The van der Waals surface area contributed by atoms with Gasteiger partial charge in [-0.3, -0.25) is 0 Å². The number of hydrogen-bond donors (Lipinski definition) is 0. The van der Waals surface area contributed by atoms with Crippen molar-refractivity contribution in [2.75, 3.05) is 0 Å². The molecule has 0 atom stereocenters. The van der Waals surface area contributed by atoms with Crippen LogP contribution >= 0.6 is 23.0 Å². The van der Waals surface area contributed by atoms with E-state index in [2.05, 4.69) is 4.99 Å². The van der Waals surface area contributed by atoms with Gasteiger partial charge in [-0.25, -0.2) is 4.99 Å². The Morgan fingerprint density at radius 1 is 1.46 bits per heavy atom. The summed E-state index contributed by atoms with van der Waals surface area (Å²) in [6.07, 6.45) is 0. The minimum Gasteiger partial charge on any atom is -0.521 e. The average Bonchev–Trinajstić information content (AvgIpc) is 2.16. The first-order valence-corrected chi connectivity index (χ1v) is 4.77. The van der Waals surface area contributed by atoms with E-state index in [0.717, 1.165) is 11.2 Å². The van der Waals surface area contributed by atoms with Crippen LogP contribution in [-0.4, -0.2) is 13.0 Å². The monoisotopic (exact) mass is 287 g/mol. The van der Waals surface area contributed by atoms with Crippen molar-refractivity contribution in [3.05, 3.63) is 24.3 Å². The third-order valence-electron chi connectivity index (χ3n) is 1.83. The molecule has 1 aliphatic heterocycles. The molecule has 0 fully saturated rings. The summed E-state index contributed by atoms with van der Waals surface area (Å²) in [6, 6.07) is 7.80. The molecule has 66 valence electrons. The number of halogens is 1. The minimum absolute atomic E-state index is 0.325. The zero-order valence-corrected chi connectivity index (χ0v) is 9.19. The van der Waals surface area contributed by atoms with Crippen LogP contribution in [0, 0.1) is 0 Å². The van der Waals surface area contributed by atoms with Gasteiger partial charge in [-0.05, 0) is 6.07 Å². The van der Waals surface area contributed by atoms with Gasteiger partial charge in [0.05, 0.1) is 28.7 Å². The van der Waals surface area contributed by atoms with Crippen LogP contribution in [0.15, 0.2) is 29.3 Å². The number of rotatable bonds is 1. The van der Waals surface area contributed by atoms with Crippen molar-refractivity contribution in [3.8, 4) is 0 Å². The summed E-state index contributed by atoms with van der Waals surface area (Å²) in [5.74, 6) is 0.639. The second-order valence-corrected chi connectivity index (χ2v) is 3.24.